The number of aliphatic hydroxyl groups is 1. The van der Waals surface area contributed by atoms with E-state index in [0.29, 0.717) is 18.7 Å². The molecule has 1 atom stereocenters. The number of hydrogen-bond donors (Lipinski definition) is 1. The molecular formula is C17H23N5O2. The lowest BCUT2D eigenvalue weighted by Gasteiger charge is -2.41. The molecule has 0 saturated carbocycles. The summed E-state index contributed by atoms with van der Waals surface area (Å²) in [6, 6.07) is 3.63. The number of nitrogens with zero attached hydrogens (tertiary/aromatic N) is 5. The van der Waals surface area contributed by atoms with Crippen molar-refractivity contribution >= 4 is 11.7 Å². The van der Waals surface area contributed by atoms with Gasteiger partial charge in [-0.1, -0.05) is 0 Å². The van der Waals surface area contributed by atoms with Crippen LogP contribution in [-0.2, 0) is 7.05 Å². The Balaban J connectivity index is 1.69. The van der Waals surface area contributed by atoms with Gasteiger partial charge in [-0.3, -0.25) is 9.78 Å². The van der Waals surface area contributed by atoms with Crippen molar-refractivity contribution < 1.29 is 9.90 Å². The van der Waals surface area contributed by atoms with E-state index in [9.17, 15) is 9.90 Å². The average Bonchev–Trinajstić information content (AvgIpc) is 3.00. The van der Waals surface area contributed by atoms with Crippen molar-refractivity contribution in [2.45, 2.75) is 18.4 Å². The van der Waals surface area contributed by atoms with Crippen LogP contribution in [0.1, 0.15) is 23.3 Å². The van der Waals surface area contributed by atoms with E-state index < -0.39 is 5.60 Å². The van der Waals surface area contributed by atoms with E-state index in [1.807, 2.05) is 24.2 Å². The van der Waals surface area contributed by atoms with Crippen LogP contribution in [0.5, 0.6) is 0 Å². The molecule has 128 valence electrons. The second kappa shape index (κ2) is 6.60. The Morgan fingerprint density at radius 2 is 2.29 bits per heavy atom. The average molecular weight is 329 g/mol. The summed E-state index contributed by atoms with van der Waals surface area (Å²) in [5.74, 6) is 0.666. The molecule has 0 unspecified atom stereocenters. The molecule has 1 saturated heterocycles. The van der Waals surface area contributed by atoms with Crippen LogP contribution in [-0.4, -0.2) is 62.7 Å². The molecule has 0 aliphatic carbocycles. The van der Waals surface area contributed by atoms with E-state index >= 15 is 0 Å². The van der Waals surface area contributed by atoms with Crippen molar-refractivity contribution in [3.8, 4) is 0 Å². The Hall–Kier alpha value is -2.41. The highest BCUT2D eigenvalue weighted by molar-refractivity contribution is 5.92. The van der Waals surface area contributed by atoms with E-state index in [0.717, 1.165) is 18.8 Å². The molecule has 1 aliphatic heterocycles. The first-order valence-electron chi connectivity index (χ1n) is 8.09. The van der Waals surface area contributed by atoms with Crippen LogP contribution in [0.4, 0.5) is 5.82 Å². The number of anilines is 1. The number of amides is 1. The maximum atomic E-state index is 12.6. The molecule has 1 amide bonds. The molecule has 2 aromatic rings. The van der Waals surface area contributed by atoms with Gasteiger partial charge in [-0.05, 0) is 25.0 Å². The standard InChI is InChI=1S/C17H23N5O2/c1-20-9-3-5-14(20)16(23)21(2)12-17(24)6-4-10-22(13-17)15-11-18-7-8-19-15/h3,5,7-9,11,24H,4,6,10,12-13H2,1-2H3/t17-/m1/s1. The second-order valence-electron chi connectivity index (χ2n) is 6.48. The largest absolute Gasteiger partial charge is 0.386 e. The van der Waals surface area contributed by atoms with Crippen LogP contribution in [0.15, 0.2) is 36.9 Å². The number of carbonyl (C=O) groups excluding carboxylic acids is 1. The lowest BCUT2D eigenvalue weighted by atomic mass is 9.92. The molecule has 3 heterocycles. The van der Waals surface area contributed by atoms with Crippen LogP contribution >= 0.6 is 0 Å². The Morgan fingerprint density at radius 1 is 1.46 bits per heavy atom. The Labute approximate surface area is 141 Å². The molecule has 1 N–H and O–H groups in total. The molecule has 0 radical (unpaired) electrons. The third kappa shape index (κ3) is 3.41. The molecule has 24 heavy (non-hydrogen) atoms. The Morgan fingerprint density at radius 3 is 2.96 bits per heavy atom. The number of likely N-dealkylation sites (N-methyl/N-ethyl adjacent to an activating group) is 1. The SMILES string of the molecule is CN(C[C@]1(O)CCCN(c2cnccn2)C1)C(=O)c1cccn1C. The van der Waals surface area contributed by atoms with Gasteiger partial charge in [0.25, 0.3) is 5.91 Å². The van der Waals surface area contributed by atoms with Crippen LogP contribution < -0.4 is 4.90 Å². The summed E-state index contributed by atoms with van der Waals surface area (Å²) in [6.45, 7) is 1.56. The highest BCUT2D eigenvalue weighted by atomic mass is 16.3. The van der Waals surface area contributed by atoms with E-state index in [-0.39, 0.29) is 12.5 Å². The van der Waals surface area contributed by atoms with E-state index in [1.54, 1.807) is 41.2 Å². The van der Waals surface area contributed by atoms with Crippen LogP contribution in [0.25, 0.3) is 0 Å². The monoisotopic (exact) mass is 329 g/mol. The Bertz CT molecular complexity index is 702. The predicted octanol–water partition coefficient (Wildman–Crippen LogP) is 0.919. The first kappa shape index (κ1) is 16.4. The third-order valence-electron chi connectivity index (χ3n) is 4.47. The first-order chi connectivity index (χ1) is 11.5. The summed E-state index contributed by atoms with van der Waals surface area (Å²) < 4.78 is 1.79. The van der Waals surface area contributed by atoms with E-state index in [2.05, 4.69) is 9.97 Å². The summed E-state index contributed by atoms with van der Waals surface area (Å²) in [5.41, 5.74) is -0.339. The normalized spacial score (nSPS) is 20.9. The number of β-amino-alcohol motifs (C(OH)–C–C–N with tert-alkyl or cyclic N) is 1. The molecule has 0 aromatic carbocycles. The smallest absolute Gasteiger partial charge is 0.270 e. The maximum absolute atomic E-state index is 12.6. The van der Waals surface area contributed by atoms with E-state index in [4.69, 9.17) is 0 Å². The topological polar surface area (TPSA) is 74.5 Å². The predicted molar refractivity (Wildman–Crippen MR) is 90.8 cm³/mol. The fourth-order valence-electron chi connectivity index (χ4n) is 3.28. The second-order valence-corrected chi connectivity index (χ2v) is 6.48. The molecular weight excluding hydrogens is 306 g/mol. The first-order valence-corrected chi connectivity index (χ1v) is 8.09. The van der Waals surface area contributed by atoms with Gasteiger partial charge in [-0.25, -0.2) is 4.98 Å². The zero-order valence-electron chi connectivity index (χ0n) is 14.1. The molecule has 1 aliphatic rings. The lowest BCUT2D eigenvalue weighted by molar-refractivity contribution is -0.000382. The van der Waals surface area contributed by atoms with Gasteiger partial charge in [-0.15, -0.1) is 0 Å². The molecule has 2 aromatic heterocycles. The number of carbonyl (C=O) groups is 1. The van der Waals surface area contributed by atoms with Crippen LogP contribution in [0.2, 0.25) is 0 Å². The minimum atomic E-state index is -0.953. The minimum absolute atomic E-state index is 0.0902. The molecule has 7 nitrogen and oxygen atoms in total. The van der Waals surface area contributed by atoms with Crippen molar-refractivity contribution in [1.29, 1.82) is 0 Å². The lowest BCUT2D eigenvalue weighted by Crippen LogP contribution is -2.55. The quantitative estimate of drug-likeness (QED) is 0.903. The van der Waals surface area contributed by atoms with Crippen molar-refractivity contribution in [2.24, 2.45) is 7.05 Å². The summed E-state index contributed by atoms with van der Waals surface area (Å²) >= 11 is 0. The number of aryl methyl sites for hydroxylation is 1. The molecule has 0 bridgehead atoms. The summed E-state index contributed by atoms with van der Waals surface area (Å²) in [5, 5.41) is 11.0. The zero-order valence-corrected chi connectivity index (χ0v) is 14.1. The van der Waals surface area contributed by atoms with Crippen molar-refractivity contribution in [3.05, 3.63) is 42.6 Å². The van der Waals surface area contributed by atoms with E-state index in [1.165, 1.54) is 0 Å². The summed E-state index contributed by atoms with van der Waals surface area (Å²) in [7, 11) is 3.57. The number of rotatable bonds is 4. The van der Waals surface area contributed by atoms with Crippen LogP contribution in [0, 0.1) is 0 Å². The molecule has 1 fully saturated rings. The molecule has 7 heteroatoms. The fraction of sp³-hybridized carbons (Fsp3) is 0.471. The molecule has 3 rings (SSSR count). The molecule has 0 spiro atoms. The zero-order chi connectivity index (χ0) is 17.2. The van der Waals surface area contributed by atoms with Crippen molar-refractivity contribution in [3.63, 3.8) is 0 Å². The number of hydrogen-bond acceptors (Lipinski definition) is 5. The van der Waals surface area contributed by atoms with Gasteiger partial charge in [0, 0.05) is 45.8 Å². The van der Waals surface area contributed by atoms with Gasteiger partial charge in [0.2, 0.25) is 0 Å². The highest BCUT2D eigenvalue weighted by Gasteiger charge is 2.36. The van der Waals surface area contributed by atoms with Gasteiger partial charge in [-0.2, -0.15) is 0 Å². The van der Waals surface area contributed by atoms with Crippen LogP contribution in [0.3, 0.4) is 0 Å². The highest BCUT2D eigenvalue weighted by Crippen LogP contribution is 2.25. The number of piperidine rings is 1. The van der Waals surface area contributed by atoms with Gasteiger partial charge in [0.05, 0.1) is 18.3 Å². The third-order valence-corrected chi connectivity index (χ3v) is 4.47. The van der Waals surface area contributed by atoms with Gasteiger partial charge in [0.1, 0.15) is 11.5 Å². The van der Waals surface area contributed by atoms with Gasteiger partial charge < -0.3 is 19.5 Å². The maximum Gasteiger partial charge on any atom is 0.270 e. The van der Waals surface area contributed by atoms with Crippen molar-refractivity contribution in [1.82, 2.24) is 19.4 Å². The van der Waals surface area contributed by atoms with Gasteiger partial charge in [0.15, 0.2) is 0 Å². The summed E-state index contributed by atoms with van der Waals surface area (Å²) in [4.78, 5) is 24.6. The fourth-order valence-corrected chi connectivity index (χ4v) is 3.28. The Kier molecular flexibility index (Phi) is 4.53. The number of aromatic nitrogens is 3. The van der Waals surface area contributed by atoms with Crippen molar-refractivity contribution in [2.75, 3.05) is 31.6 Å². The van der Waals surface area contributed by atoms with Gasteiger partial charge >= 0.3 is 0 Å². The minimum Gasteiger partial charge on any atom is -0.386 e. The summed E-state index contributed by atoms with van der Waals surface area (Å²) in [6.07, 6.45) is 8.32.